The van der Waals surface area contributed by atoms with Gasteiger partial charge in [0.2, 0.25) is 5.58 Å². The van der Waals surface area contributed by atoms with Crippen molar-refractivity contribution >= 4 is 54.9 Å². The fraction of sp³-hybridized carbons (Fsp3) is 0.361. The van der Waals surface area contributed by atoms with E-state index in [1.54, 1.807) is 0 Å². The van der Waals surface area contributed by atoms with Gasteiger partial charge in [0.05, 0.1) is 16.7 Å². The molecule has 12 heteroatoms. The molecule has 4 aromatic rings. The van der Waals surface area contributed by atoms with Crippen molar-refractivity contribution in [1.29, 1.82) is 0 Å². The van der Waals surface area contributed by atoms with Gasteiger partial charge in [0.25, 0.3) is 21.0 Å². The maximum absolute atomic E-state index is 12.6. The first-order valence-electron chi connectivity index (χ1n) is 16.2. The van der Waals surface area contributed by atoms with Crippen molar-refractivity contribution in [2.45, 2.75) is 75.6 Å². The van der Waals surface area contributed by atoms with Crippen LogP contribution in [0.25, 0.3) is 28.3 Å². The molecule has 0 aliphatic carbocycles. The molecule has 0 bridgehead atoms. The molecule has 3 heterocycles. The summed E-state index contributed by atoms with van der Waals surface area (Å²) < 4.78 is 75.9. The molecule has 6 rings (SSSR count). The molecule has 0 radical (unpaired) electrons. The molecule has 9 nitrogen and oxygen atoms in total. The Hall–Kier alpha value is -3.26. The van der Waals surface area contributed by atoms with Gasteiger partial charge >= 0.3 is 16.0 Å². The number of aryl methyl sites for hydroxylation is 1. The standard InChI is InChI=1S/C36H40N2O7S3/c1-5-25(20-33-37(18-10-11-19-47(39,40)41)29-23-28(36(3,4)6-2)15-16-31(29)45-33)21-34-38(24-35(38)48(42,43)44)30-22-27(14-17-32(30)46-34)26-12-8-7-9-13-26/h7-9,12-17,20-23,35H,5-6,10-11,18-19,24H2,1-4H3/p+2. The van der Waals surface area contributed by atoms with Crippen LogP contribution in [-0.4, -0.2) is 43.6 Å². The Morgan fingerprint density at radius 1 is 1.00 bits per heavy atom. The lowest BCUT2D eigenvalue weighted by Crippen LogP contribution is -2.36. The lowest BCUT2D eigenvalue weighted by atomic mass is 9.82. The molecule has 2 atom stereocenters. The van der Waals surface area contributed by atoms with E-state index in [0.29, 0.717) is 37.3 Å². The highest BCUT2D eigenvalue weighted by Gasteiger charge is 2.70. The van der Waals surface area contributed by atoms with Crippen molar-refractivity contribution in [2.75, 3.05) is 12.3 Å². The van der Waals surface area contributed by atoms with Crippen molar-refractivity contribution in [3.05, 3.63) is 94.9 Å². The number of rotatable bonds is 12. The monoisotopic (exact) mass is 710 g/mol. The number of allylic oxidation sites excluding steroid dienone is 2. The largest absolute Gasteiger partial charge is 0.398 e. The summed E-state index contributed by atoms with van der Waals surface area (Å²) in [5, 5.41) is -0.172. The average Bonchev–Trinajstić information content (AvgIpc) is 3.64. The SMILES string of the molecule is CCC(=Cc1oc2ccc(C(C)(C)CC)cc2[n+]1CCCCS(=O)(=O)O)C=C1Sc2ccc(-c3ccccc3)cc2[N+]12CC2S(=O)(=O)O. The number of aromatic nitrogens is 1. The van der Waals surface area contributed by atoms with E-state index in [2.05, 4.69) is 32.9 Å². The normalized spacial score (nSPS) is 20.6. The third-order valence-electron chi connectivity index (χ3n) is 9.71. The van der Waals surface area contributed by atoms with Crippen LogP contribution in [0.2, 0.25) is 0 Å². The minimum Gasteiger partial charge on any atom is -0.398 e. The van der Waals surface area contributed by atoms with E-state index in [9.17, 15) is 25.9 Å². The van der Waals surface area contributed by atoms with Crippen LogP contribution < -0.4 is 9.05 Å². The smallest absolute Gasteiger partial charge is 0.374 e. The van der Waals surface area contributed by atoms with Crippen LogP contribution in [0.15, 0.2) is 92.7 Å². The van der Waals surface area contributed by atoms with Gasteiger partial charge in [-0.05, 0) is 70.8 Å². The van der Waals surface area contributed by atoms with Crippen molar-refractivity contribution in [3.8, 4) is 11.1 Å². The van der Waals surface area contributed by atoms with Crippen molar-refractivity contribution in [3.63, 3.8) is 0 Å². The second-order valence-corrected chi connectivity index (χ2v) is 17.4. The summed E-state index contributed by atoms with van der Waals surface area (Å²) in [7, 11) is -8.39. The molecule has 2 aliphatic heterocycles. The minimum atomic E-state index is -4.33. The summed E-state index contributed by atoms with van der Waals surface area (Å²) in [5.41, 5.74) is 6.47. The zero-order valence-electron chi connectivity index (χ0n) is 27.6. The molecule has 2 N–H and O–H groups in total. The van der Waals surface area contributed by atoms with Crippen LogP contribution in [0.3, 0.4) is 0 Å². The first-order valence-corrected chi connectivity index (χ1v) is 20.2. The first kappa shape index (κ1) is 34.6. The summed E-state index contributed by atoms with van der Waals surface area (Å²) in [5.74, 6) is 0.278. The molecular formula is C36H42N2O7S3+2. The van der Waals surface area contributed by atoms with Crippen LogP contribution >= 0.6 is 11.8 Å². The molecule has 1 aromatic heterocycles. The second-order valence-electron chi connectivity index (χ2n) is 13.2. The van der Waals surface area contributed by atoms with Crippen molar-refractivity contribution in [2.24, 2.45) is 0 Å². The van der Waals surface area contributed by atoms with Gasteiger partial charge in [-0.1, -0.05) is 70.2 Å². The summed E-state index contributed by atoms with van der Waals surface area (Å²) in [4.78, 5) is 0.950. The number of hydrogen-bond acceptors (Lipinski definition) is 6. The number of fused-ring (bicyclic) bond motifs is 3. The van der Waals surface area contributed by atoms with E-state index in [-0.39, 0.29) is 22.2 Å². The minimum absolute atomic E-state index is 0.0437. The van der Waals surface area contributed by atoms with E-state index >= 15 is 0 Å². The second kappa shape index (κ2) is 12.9. The fourth-order valence-electron chi connectivity index (χ4n) is 6.37. The summed E-state index contributed by atoms with van der Waals surface area (Å²) in [6.45, 7) is 9.28. The molecule has 1 saturated heterocycles. The van der Waals surface area contributed by atoms with Gasteiger partial charge in [-0.15, -0.1) is 0 Å². The maximum atomic E-state index is 12.6. The molecule has 48 heavy (non-hydrogen) atoms. The van der Waals surface area contributed by atoms with Gasteiger partial charge in [-0.25, -0.2) is 4.48 Å². The quantitative estimate of drug-likeness (QED) is 0.0504. The molecule has 2 aliphatic rings. The van der Waals surface area contributed by atoms with Crippen LogP contribution in [0, 0.1) is 0 Å². The van der Waals surface area contributed by atoms with Crippen molar-refractivity contribution in [1.82, 2.24) is 4.48 Å². The van der Waals surface area contributed by atoms with Gasteiger partial charge in [0, 0.05) is 24.6 Å². The highest BCUT2D eigenvalue weighted by molar-refractivity contribution is 8.03. The molecule has 254 valence electrons. The van der Waals surface area contributed by atoms with E-state index in [1.165, 1.54) is 11.8 Å². The van der Waals surface area contributed by atoms with E-state index in [1.807, 2.05) is 78.2 Å². The predicted octanol–water partition coefficient (Wildman–Crippen LogP) is 7.72. The Kier molecular flexibility index (Phi) is 9.29. The summed E-state index contributed by atoms with van der Waals surface area (Å²) in [6.07, 6.45) is 6.35. The Balaban J connectivity index is 1.42. The van der Waals surface area contributed by atoms with Gasteiger partial charge in [-0.3, -0.25) is 9.11 Å². The lowest BCUT2D eigenvalue weighted by molar-refractivity contribution is -0.678. The van der Waals surface area contributed by atoms with Crippen molar-refractivity contribution < 1.29 is 34.9 Å². The number of hydrogen-bond donors (Lipinski definition) is 2. The number of oxazole rings is 1. The number of unbranched alkanes of at least 4 members (excludes halogenated alkanes) is 1. The first-order chi connectivity index (χ1) is 22.7. The molecule has 1 fully saturated rings. The van der Waals surface area contributed by atoms with Gasteiger partial charge in [0.15, 0.2) is 23.8 Å². The lowest BCUT2D eigenvalue weighted by Gasteiger charge is -2.22. The van der Waals surface area contributed by atoms with Gasteiger partial charge in [0.1, 0.15) is 0 Å². The van der Waals surface area contributed by atoms with E-state index in [4.69, 9.17) is 4.42 Å². The number of benzene rings is 3. The van der Waals surface area contributed by atoms with Crippen LogP contribution in [0.1, 0.15) is 64.8 Å². The zero-order chi connectivity index (χ0) is 34.5. The number of nitrogens with zero attached hydrogens (tertiary/aromatic N) is 2. The highest BCUT2D eigenvalue weighted by Crippen LogP contribution is 2.61. The van der Waals surface area contributed by atoms with E-state index in [0.717, 1.165) is 49.8 Å². The highest BCUT2D eigenvalue weighted by atomic mass is 32.2. The average molecular weight is 711 g/mol. The Morgan fingerprint density at radius 3 is 2.40 bits per heavy atom. The third kappa shape index (κ3) is 6.79. The van der Waals surface area contributed by atoms with Crippen LogP contribution in [0.5, 0.6) is 0 Å². The third-order valence-corrected chi connectivity index (χ3v) is 12.9. The zero-order valence-corrected chi connectivity index (χ0v) is 30.0. The molecule has 1 spiro atoms. The number of quaternary nitrogens is 1. The van der Waals surface area contributed by atoms with Crippen LogP contribution in [-0.2, 0) is 32.2 Å². The molecule has 2 unspecified atom stereocenters. The Morgan fingerprint density at radius 2 is 1.75 bits per heavy atom. The molecular weight excluding hydrogens is 669 g/mol. The molecule has 3 aromatic carbocycles. The fourth-order valence-corrected chi connectivity index (χ4v) is 9.47. The van der Waals surface area contributed by atoms with E-state index < -0.39 is 25.6 Å². The number of thioether (sulfide) groups is 1. The van der Waals surface area contributed by atoms with Gasteiger partial charge < -0.3 is 4.42 Å². The molecule has 0 amide bonds. The summed E-state index contributed by atoms with van der Waals surface area (Å²) in [6, 6.07) is 22.2. The van der Waals surface area contributed by atoms with Gasteiger partial charge in [-0.2, -0.15) is 21.4 Å². The summed E-state index contributed by atoms with van der Waals surface area (Å²) >= 11 is 1.52. The predicted molar refractivity (Wildman–Crippen MR) is 191 cm³/mol. The molecule has 0 saturated carbocycles. The Bertz CT molecular complexity index is 2150. The maximum Gasteiger partial charge on any atom is 0.374 e. The van der Waals surface area contributed by atoms with Crippen LogP contribution in [0.4, 0.5) is 5.69 Å². The topological polar surface area (TPSA) is 126 Å². The Labute approximate surface area is 287 Å².